The van der Waals surface area contributed by atoms with Crippen LogP contribution in [0.15, 0.2) is 43.0 Å². The lowest BCUT2D eigenvalue weighted by Gasteiger charge is -2.28. The lowest BCUT2D eigenvalue weighted by Crippen LogP contribution is -2.39. The molecule has 0 unspecified atom stereocenters. The van der Waals surface area contributed by atoms with E-state index in [0.717, 1.165) is 30.3 Å². The number of amides is 1. The lowest BCUT2D eigenvalue weighted by molar-refractivity contribution is -0.140. The minimum Gasteiger partial charge on any atom is -0.480 e. The minimum atomic E-state index is -4.53. The van der Waals surface area contributed by atoms with Crippen molar-refractivity contribution in [2.24, 2.45) is 7.05 Å². The molecule has 1 fully saturated rings. The highest BCUT2D eigenvalue weighted by atomic mass is 19.4. The van der Waals surface area contributed by atoms with Crippen LogP contribution < -0.4 is 14.4 Å². The van der Waals surface area contributed by atoms with Gasteiger partial charge < -0.3 is 14.0 Å². The van der Waals surface area contributed by atoms with Crippen LogP contribution in [0.3, 0.4) is 0 Å². The average molecular weight is 538 g/mol. The Labute approximate surface area is 220 Å². The van der Waals surface area contributed by atoms with E-state index in [0.29, 0.717) is 34.4 Å². The van der Waals surface area contributed by atoms with E-state index in [4.69, 9.17) is 9.47 Å². The average Bonchev–Trinajstić information content (AvgIpc) is 3.70. The van der Waals surface area contributed by atoms with Crippen LogP contribution in [0.1, 0.15) is 35.7 Å². The molecule has 0 N–H and O–H groups in total. The van der Waals surface area contributed by atoms with Gasteiger partial charge in [-0.05, 0) is 18.4 Å². The zero-order chi connectivity index (χ0) is 27.3. The molecule has 0 saturated heterocycles. The van der Waals surface area contributed by atoms with Gasteiger partial charge in [-0.25, -0.2) is 24.9 Å². The predicted molar refractivity (Wildman–Crippen MR) is 132 cm³/mol. The summed E-state index contributed by atoms with van der Waals surface area (Å²) in [5.41, 5.74) is 1.68. The minimum absolute atomic E-state index is 0.165. The molecule has 3 aromatic heterocycles. The second-order valence-corrected chi connectivity index (χ2v) is 9.32. The summed E-state index contributed by atoms with van der Waals surface area (Å²) in [4.78, 5) is 35.9. The molecule has 1 saturated carbocycles. The highest BCUT2D eigenvalue weighted by Gasteiger charge is 2.35. The summed E-state index contributed by atoms with van der Waals surface area (Å²) >= 11 is 0. The Hall–Kier alpha value is -4.55. The standard InChI is InChI=1S/C26H22F3N7O3/c1-35-11-18(26(27,28)29)33-23(35)16-5-3-14(4-6-16)10-36-19(37)12-39-17-9-30-22(34-24(17)36)20-21(15-7-8-15)31-13-32-25(20)38-2/h3-6,9,11,13,15H,7-8,10,12H2,1-2H3. The number of hydrogen-bond donors (Lipinski definition) is 0. The molecule has 0 atom stereocenters. The Morgan fingerprint density at radius 1 is 1.10 bits per heavy atom. The molecule has 0 spiro atoms. The number of aromatic nitrogens is 6. The monoisotopic (exact) mass is 537 g/mol. The molecule has 1 aliphatic carbocycles. The zero-order valence-corrected chi connectivity index (χ0v) is 20.9. The molecule has 0 bridgehead atoms. The summed E-state index contributed by atoms with van der Waals surface area (Å²) in [7, 11) is 3.02. The van der Waals surface area contributed by atoms with Crippen LogP contribution in [0, 0.1) is 0 Å². The van der Waals surface area contributed by atoms with E-state index in [1.165, 1.54) is 36.1 Å². The van der Waals surface area contributed by atoms with Gasteiger partial charge in [0.2, 0.25) is 5.88 Å². The maximum absolute atomic E-state index is 13.1. The third-order valence-electron chi connectivity index (χ3n) is 6.59. The van der Waals surface area contributed by atoms with E-state index in [-0.39, 0.29) is 30.8 Å². The van der Waals surface area contributed by atoms with Crippen LogP contribution in [0.2, 0.25) is 0 Å². The van der Waals surface area contributed by atoms with E-state index < -0.39 is 11.9 Å². The molecule has 2 aliphatic rings. The van der Waals surface area contributed by atoms with Crippen molar-refractivity contribution in [1.29, 1.82) is 0 Å². The molecular formula is C26H22F3N7O3. The Morgan fingerprint density at radius 3 is 2.54 bits per heavy atom. The number of anilines is 1. The first-order chi connectivity index (χ1) is 18.7. The summed E-state index contributed by atoms with van der Waals surface area (Å²) in [6.45, 7) is -0.00935. The third-order valence-corrected chi connectivity index (χ3v) is 6.59. The maximum Gasteiger partial charge on any atom is 0.434 e. The van der Waals surface area contributed by atoms with Gasteiger partial charge in [0.15, 0.2) is 29.7 Å². The molecular weight excluding hydrogens is 515 g/mol. The normalized spacial score (nSPS) is 15.2. The van der Waals surface area contributed by atoms with E-state index in [1.807, 2.05) is 0 Å². The van der Waals surface area contributed by atoms with Gasteiger partial charge in [-0.1, -0.05) is 24.3 Å². The molecule has 0 radical (unpaired) electrons. The molecule has 1 amide bonds. The molecule has 4 aromatic rings. The fourth-order valence-corrected chi connectivity index (χ4v) is 4.50. The second kappa shape index (κ2) is 9.33. The lowest BCUT2D eigenvalue weighted by atomic mass is 10.1. The number of ether oxygens (including phenoxy) is 2. The summed E-state index contributed by atoms with van der Waals surface area (Å²) in [6.07, 6.45) is 1.38. The zero-order valence-electron chi connectivity index (χ0n) is 20.9. The molecule has 10 nitrogen and oxygen atoms in total. The van der Waals surface area contributed by atoms with E-state index in [1.54, 1.807) is 24.3 Å². The smallest absolute Gasteiger partial charge is 0.434 e. The number of rotatable bonds is 6. The Kier molecular flexibility index (Phi) is 5.92. The molecule has 39 heavy (non-hydrogen) atoms. The maximum atomic E-state index is 13.1. The number of carbonyl (C=O) groups is 1. The van der Waals surface area contributed by atoms with Crippen LogP contribution in [0.25, 0.3) is 22.8 Å². The summed E-state index contributed by atoms with van der Waals surface area (Å²) in [6, 6.07) is 6.81. The number of alkyl halides is 3. The van der Waals surface area contributed by atoms with E-state index in [2.05, 4.69) is 24.9 Å². The van der Waals surface area contributed by atoms with Crippen LogP contribution in [-0.2, 0) is 24.6 Å². The molecule has 13 heteroatoms. The fraction of sp³-hybridized carbons (Fsp3) is 0.308. The van der Waals surface area contributed by atoms with Crippen LogP contribution >= 0.6 is 0 Å². The SMILES string of the molecule is COc1ncnc(C2CC2)c1-c1ncc2c(n1)N(Cc1ccc(-c3nc(C(F)(F)F)cn3C)cc1)C(=O)CO2. The van der Waals surface area contributed by atoms with Crippen molar-refractivity contribution in [3.05, 3.63) is 59.9 Å². The highest BCUT2D eigenvalue weighted by molar-refractivity contribution is 5.96. The number of imidazole rings is 1. The first-order valence-electron chi connectivity index (χ1n) is 12.1. The van der Waals surface area contributed by atoms with Crippen molar-refractivity contribution in [1.82, 2.24) is 29.5 Å². The van der Waals surface area contributed by atoms with Crippen LogP contribution in [0.4, 0.5) is 19.0 Å². The number of fused-ring (bicyclic) bond motifs is 1. The van der Waals surface area contributed by atoms with Gasteiger partial charge >= 0.3 is 6.18 Å². The number of nitrogens with zero attached hydrogens (tertiary/aromatic N) is 7. The van der Waals surface area contributed by atoms with Gasteiger partial charge in [0.05, 0.1) is 25.5 Å². The number of methoxy groups -OCH3 is 1. The first kappa shape index (κ1) is 24.8. The number of benzene rings is 1. The van der Waals surface area contributed by atoms with Gasteiger partial charge in [-0.3, -0.25) is 9.69 Å². The van der Waals surface area contributed by atoms with Crippen LogP contribution in [0.5, 0.6) is 11.6 Å². The number of carbonyl (C=O) groups excluding carboxylic acids is 1. The topological polar surface area (TPSA) is 108 Å². The summed E-state index contributed by atoms with van der Waals surface area (Å²) < 4.78 is 51.6. The van der Waals surface area contributed by atoms with E-state index in [9.17, 15) is 18.0 Å². The van der Waals surface area contributed by atoms with Gasteiger partial charge in [-0.2, -0.15) is 13.2 Å². The van der Waals surface area contributed by atoms with E-state index >= 15 is 0 Å². The summed E-state index contributed by atoms with van der Waals surface area (Å²) in [5.74, 6) is 1.48. The van der Waals surface area contributed by atoms with Crippen molar-refractivity contribution < 1.29 is 27.4 Å². The number of aryl methyl sites for hydroxylation is 1. The van der Waals surface area contributed by atoms with Crippen molar-refractivity contribution in [2.75, 3.05) is 18.6 Å². The molecule has 6 rings (SSSR count). The Balaban J connectivity index is 1.31. The summed E-state index contributed by atoms with van der Waals surface area (Å²) in [5, 5.41) is 0. The predicted octanol–water partition coefficient (Wildman–Crippen LogP) is 4.16. The van der Waals surface area contributed by atoms with Gasteiger partial charge in [0.1, 0.15) is 17.7 Å². The van der Waals surface area contributed by atoms with Crippen molar-refractivity contribution >= 4 is 11.7 Å². The number of halogens is 3. The fourth-order valence-electron chi connectivity index (χ4n) is 4.50. The largest absolute Gasteiger partial charge is 0.480 e. The third kappa shape index (κ3) is 4.64. The highest BCUT2D eigenvalue weighted by Crippen LogP contribution is 2.45. The first-order valence-corrected chi connectivity index (χ1v) is 12.1. The Morgan fingerprint density at radius 2 is 1.87 bits per heavy atom. The molecule has 4 heterocycles. The molecule has 1 aromatic carbocycles. The van der Waals surface area contributed by atoms with Gasteiger partial charge in [0, 0.05) is 24.7 Å². The van der Waals surface area contributed by atoms with Gasteiger partial charge in [-0.15, -0.1) is 0 Å². The number of hydrogen-bond acceptors (Lipinski definition) is 8. The van der Waals surface area contributed by atoms with Crippen molar-refractivity contribution in [3.63, 3.8) is 0 Å². The van der Waals surface area contributed by atoms with Crippen molar-refractivity contribution in [2.45, 2.75) is 31.5 Å². The molecule has 200 valence electrons. The van der Waals surface area contributed by atoms with Crippen LogP contribution in [-0.4, -0.2) is 49.1 Å². The van der Waals surface area contributed by atoms with Crippen molar-refractivity contribution in [3.8, 4) is 34.4 Å². The Bertz CT molecular complexity index is 1570. The second-order valence-electron chi connectivity index (χ2n) is 9.32. The molecule has 1 aliphatic heterocycles. The van der Waals surface area contributed by atoms with Gasteiger partial charge in [0.25, 0.3) is 5.91 Å². The quantitative estimate of drug-likeness (QED) is 0.361.